The lowest BCUT2D eigenvalue weighted by atomic mass is 10.1. The predicted octanol–water partition coefficient (Wildman–Crippen LogP) is 2.87. The average molecular weight is 254 g/mol. The molecule has 3 N–H and O–H groups in total. The fourth-order valence-corrected chi connectivity index (χ4v) is 2.27. The van der Waals surface area contributed by atoms with E-state index in [0.717, 1.165) is 17.2 Å². The monoisotopic (exact) mass is 253 g/mol. The highest BCUT2D eigenvalue weighted by Gasteiger charge is 2.02. The first-order valence-electron chi connectivity index (χ1n) is 4.91. The van der Waals surface area contributed by atoms with Crippen molar-refractivity contribution in [2.75, 3.05) is 5.32 Å². The molecule has 2 aromatic rings. The molecule has 0 atom stereocenters. The summed E-state index contributed by atoms with van der Waals surface area (Å²) in [6.45, 7) is 1.27. The van der Waals surface area contributed by atoms with Gasteiger partial charge in [0.2, 0.25) is 0 Å². The standard InChI is InChI=1S/C11H12ClN3S/c12-10-7-16-11(15-10)14-6-9-4-2-1-3-8(9)5-13/h1-4,7H,5-6,13H2,(H,14,15). The van der Waals surface area contributed by atoms with Crippen LogP contribution >= 0.6 is 22.9 Å². The minimum absolute atomic E-state index is 0.527. The van der Waals surface area contributed by atoms with Gasteiger partial charge in [-0.05, 0) is 11.1 Å². The molecule has 5 heteroatoms. The van der Waals surface area contributed by atoms with Gasteiger partial charge in [-0.2, -0.15) is 0 Å². The van der Waals surface area contributed by atoms with Gasteiger partial charge in [0.15, 0.2) is 5.13 Å². The summed E-state index contributed by atoms with van der Waals surface area (Å²) in [4.78, 5) is 4.12. The van der Waals surface area contributed by atoms with Gasteiger partial charge in [0, 0.05) is 18.5 Å². The number of nitrogens with two attached hydrogens (primary N) is 1. The Bertz CT molecular complexity index is 470. The highest BCUT2D eigenvalue weighted by atomic mass is 35.5. The van der Waals surface area contributed by atoms with Crippen molar-refractivity contribution in [1.82, 2.24) is 4.98 Å². The molecular formula is C11H12ClN3S. The molecular weight excluding hydrogens is 242 g/mol. The number of hydrogen-bond donors (Lipinski definition) is 2. The number of rotatable bonds is 4. The van der Waals surface area contributed by atoms with E-state index in [0.29, 0.717) is 11.7 Å². The van der Waals surface area contributed by atoms with Crippen LogP contribution in [-0.4, -0.2) is 4.98 Å². The third-order valence-electron chi connectivity index (χ3n) is 2.24. The van der Waals surface area contributed by atoms with Crippen molar-refractivity contribution in [2.24, 2.45) is 5.73 Å². The molecule has 2 rings (SSSR count). The summed E-state index contributed by atoms with van der Waals surface area (Å²) in [5.41, 5.74) is 8.00. The zero-order valence-corrected chi connectivity index (χ0v) is 10.2. The van der Waals surface area contributed by atoms with Crippen LogP contribution in [0.3, 0.4) is 0 Å². The van der Waals surface area contributed by atoms with E-state index in [1.54, 1.807) is 5.38 Å². The SMILES string of the molecule is NCc1ccccc1CNc1nc(Cl)cs1. The Morgan fingerprint density at radius 1 is 1.31 bits per heavy atom. The molecule has 1 heterocycles. The van der Waals surface area contributed by atoms with E-state index in [-0.39, 0.29) is 0 Å². The third-order valence-corrected chi connectivity index (χ3v) is 3.37. The van der Waals surface area contributed by atoms with Gasteiger partial charge in [-0.3, -0.25) is 0 Å². The molecule has 0 radical (unpaired) electrons. The third kappa shape index (κ3) is 2.72. The maximum Gasteiger partial charge on any atom is 0.184 e. The second-order valence-electron chi connectivity index (χ2n) is 3.30. The maximum atomic E-state index is 5.74. The molecule has 0 saturated heterocycles. The van der Waals surface area contributed by atoms with Gasteiger partial charge in [-0.15, -0.1) is 11.3 Å². The second-order valence-corrected chi connectivity index (χ2v) is 4.55. The summed E-state index contributed by atoms with van der Waals surface area (Å²) in [5, 5.41) is 6.39. The molecule has 1 aromatic carbocycles. The molecule has 0 aliphatic carbocycles. The van der Waals surface area contributed by atoms with Gasteiger partial charge in [-0.25, -0.2) is 4.98 Å². The first-order chi connectivity index (χ1) is 7.79. The number of aromatic nitrogens is 1. The van der Waals surface area contributed by atoms with E-state index in [4.69, 9.17) is 17.3 Å². The summed E-state index contributed by atoms with van der Waals surface area (Å²) < 4.78 is 0. The Morgan fingerprint density at radius 2 is 2.06 bits per heavy atom. The summed E-state index contributed by atoms with van der Waals surface area (Å²) in [6.07, 6.45) is 0. The molecule has 3 nitrogen and oxygen atoms in total. The van der Waals surface area contributed by atoms with Crippen molar-refractivity contribution in [3.63, 3.8) is 0 Å². The summed E-state index contributed by atoms with van der Waals surface area (Å²) in [6, 6.07) is 8.09. The summed E-state index contributed by atoms with van der Waals surface area (Å²) in [7, 11) is 0. The Morgan fingerprint density at radius 3 is 2.69 bits per heavy atom. The van der Waals surface area contributed by atoms with Crippen LogP contribution in [0.4, 0.5) is 5.13 Å². The lowest BCUT2D eigenvalue weighted by Crippen LogP contribution is -2.05. The van der Waals surface area contributed by atoms with E-state index in [2.05, 4.69) is 16.4 Å². The van der Waals surface area contributed by atoms with Crippen molar-refractivity contribution >= 4 is 28.1 Å². The fourth-order valence-electron chi connectivity index (χ4n) is 1.44. The molecule has 0 unspecified atom stereocenters. The molecule has 0 amide bonds. The largest absolute Gasteiger partial charge is 0.357 e. The molecule has 1 aromatic heterocycles. The van der Waals surface area contributed by atoms with Crippen LogP contribution in [0.2, 0.25) is 5.15 Å². The zero-order chi connectivity index (χ0) is 11.4. The number of anilines is 1. The normalized spacial score (nSPS) is 10.4. The number of halogens is 1. The highest BCUT2D eigenvalue weighted by Crippen LogP contribution is 2.20. The van der Waals surface area contributed by atoms with Crippen LogP contribution in [0, 0.1) is 0 Å². The average Bonchev–Trinajstić information content (AvgIpc) is 2.73. The van der Waals surface area contributed by atoms with Gasteiger partial charge < -0.3 is 11.1 Å². The zero-order valence-electron chi connectivity index (χ0n) is 8.61. The maximum absolute atomic E-state index is 5.74. The summed E-state index contributed by atoms with van der Waals surface area (Å²) >= 11 is 7.24. The molecule has 0 bridgehead atoms. The molecule has 0 fully saturated rings. The van der Waals surface area contributed by atoms with Crippen LogP contribution in [0.15, 0.2) is 29.6 Å². The van der Waals surface area contributed by atoms with Gasteiger partial charge >= 0.3 is 0 Å². The van der Waals surface area contributed by atoms with E-state index in [1.807, 2.05) is 18.2 Å². The Labute approximate surface area is 103 Å². The Kier molecular flexibility index (Phi) is 3.77. The number of thiazole rings is 1. The minimum Gasteiger partial charge on any atom is -0.357 e. The van der Waals surface area contributed by atoms with E-state index < -0.39 is 0 Å². The molecule has 84 valence electrons. The topological polar surface area (TPSA) is 50.9 Å². The van der Waals surface area contributed by atoms with E-state index in [9.17, 15) is 0 Å². The van der Waals surface area contributed by atoms with Gasteiger partial charge in [0.25, 0.3) is 0 Å². The molecule has 0 aliphatic rings. The van der Waals surface area contributed by atoms with Crippen LogP contribution in [0.25, 0.3) is 0 Å². The first kappa shape index (κ1) is 11.4. The number of benzene rings is 1. The van der Waals surface area contributed by atoms with Gasteiger partial charge in [-0.1, -0.05) is 35.9 Å². The molecule has 16 heavy (non-hydrogen) atoms. The Hall–Kier alpha value is -1.10. The van der Waals surface area contributed by atoms with Crippen LogP contribution in [0.5, 0.6) is 0 Å². The van der Waals surface area contributed by atoms with Crippen molar-refractivity contribution in [2.45, 2.75) is 13.1 Å². The highest BCUT2D eigenvalue weighted by molar-refractivity contribution is 7.14. The van der Waals surface area contributed by atoms with Crippen molar-refractivity contribution in [3.8, 4) is 0 Å². The molecule has 0 spiro atoms. The second kappa shape index (κ2) is 5.30. The first-order valence-corrected chi connectivity index (χ1v) is 6.17. The predicted molar refractivity (Wildman–Crippen MR) is 68.8 cm³/mol. The van der Waals surface area contributed by atoms with Crippen molar-refractivity contribution in [1.29, 1.82) is 0 Å². The number of nitrogens with zero attached hydrogens (tertiary/aromatic N) is 1. The van der Waals surface area contributed by atoms with Crippen LogP contribution in [0.1, 0.15) is 11.1 Å². The number of hydrogen-bond acceptors (Lipinski definition) is 4. The van der Waals surface area contributed by atoms with Crippen molar-refractivity contribution < 1.29 is 0 Å². The Balaban J connectivity index is 2.04. The van der Waals surface area contributed by atoms with Crippen LogP contribution in [-0.2, 0) is 13.1 Å². The van der Waals surface area contributed by atoms with Gasteiger partial charge in [0.1, 0.15) is 5.15 Å². The molecule has 0 aliphatic heterocycles. The van der Waals surface area contributed by atoms with Crippen LogP contribution < -0.4 is 11.1 Å². The minimum atomic E-state index is 0.527. The van der Waals surface area contributed by atoms with Crippen molar-refractivity contribution in [3.05, 3.63) is 45.9 Å². The van der Waals surface area contributed by atoms with Gasteiger partial charge in [0.05, 0.1) is 0 Å². The van der Waals surface area contributed by atoms with E-state index >= 15 is 0 Å². The quantitative estimate of drug-likeness (QED) is 0.881. The smallest absolute Gasteiger partial charge is 0.184 e. The lowest BCUT2D eigenvalue weighted by Gasteiger charge is -2.07. The lowest BCUT2D eigenvalue weighted by molar-refractivity contribution is 1.01. The molecule has 0 saturated carbocycles. The fraction of sp³-hybridized carbons (Fsp3) is 0.182. The summed E-state index contributed by atoms with van der Waals surface area (Å²) in [5.74, 6) is 0. The number of nitrogens with one attached hydrogen (secondary N) is 1. The van der Waals surface area contributed by atoms with E-state index in [1.165, 1.54) is 16.9 Å².